The van der Waals surface area contributed by atoms with Crippen LogP contribution in [0.4, 0.5) is 5.82 Å². The van der Waals surface area contributed by atoms with E-state index in [0.29, 0.717) is 23.8 Å². The van der Waals surface area contributed by atoms with Crippen LogP contribution in [-0.2, 0) is 16.1 Å². The summed E-state index contributed by atoms with van der Waals surface area (Å²) in [6.07, 6.45) is 10.4. The Morgan fingerprint density at radius 1 is 1.14 bits per heavy atom. The summed E-state index contributed by atoms with van der Waals surface area (Å²) in [4.78, 5) is 35.7. The molecule has 1 saturated heterocycles. The first-order chi connectivity index (χ1) is 16.9. The minimum Gasteiger partial charge on any atom is -0.382 e. The lowest BCUT2D eigenvalue weighted by Gasteiger charge is -2.53. The molecule has 0 radical (unpaired) electrons. The Kier molecular flexibility index (Phi) is 7.59. The number of hydrogen-bond donors (Lipinski definition) is 1. The lowest BCUT2D eigenvalue weighted by atomic mass is 9.74. The van der Waals surface area contributed by atoms with Crippen molar-refractivity contribution in [1.29, 1.82) is 0 Å². The van der Waals surface area contributed by atoms with Crippen molar-refractivity contribution in [3.8, 4) is 11.4 Å². The van der Waals surface area contributed by atoms with Gasteiger partial charge in [-0.2, -0.15) is 0 Å². The van der Waals surface area contributed by atoms with E-state index in [1.165, 1.54) is 12.7 Å². The van der Waals surface area contributed by atoms with Crippen molar-refractivity contribution in [3.05, 3.63) is 24.5 Å². The predicted octanol–water partition coefficient (Wildman–Crippen LogP) is 3.40. The van der Waals surface area contributed by atoms with Crippen molar-refractivity contribution in [2.24, 2.45) is 5.92 Å². The molecular formula is C25H36N8O2. The summed E-state index contributed by atoms with van der Waals surface area (Å²) in [7, 11) is 0. The molecular weight excluding hydrogens is 444 g/mol. The van der Waals surface area contributed by atoms with Crippen LogP contribution >= 0.6 is 0 Å². The molecule has 1 saturated carbocycles. The van der Waals surface area contributed by atoms with E-state index in [1.54, 1.807) is 12.4 Å². The van der Waals surface area contributed by atoms with Gasteiger partial charge in [-0.15, -0.1) is 0 Å². The van der Waals surface area contributed by atoms with Crippen molar-refractivity contribution in [3.63, 3.8) is 0 Å². The number of anilines is 1. The summed E-state index contributed by atoms with van der Waals surface area (Å²) in [6.45, 7) is 11.1. The van der Waals surface area contributed by atoms with E-state index in [9.17, 15) is 4.79 Å². The first kappa shape index (κ1) is 25.0. The van der Waals surface area contributed by atoms with Crippen LogP contribution in [0.2, 0.25) is 0 Å². The van der Waals surface area contributed by atoms with E-state index in [2.05, 4.69) is 43.7 Å². The Morgan fingerprint density at radius 2 is 1.86 bits per heavy atom. The average Bonchev–Trinajstić information content (AvgIpc) is 3.24. The number of rotatable bonds is 5. The molecule has 0 unspecified atom stereocenters. The largest absolute Gasteiger partial charge is 0.382 e. The summed E-state index contributed by atoms with van der Waals surface area (Å²) < 4.78 is 7.53. The lowest BCUT2D eigenvalue weighted by molar-refractivity contribution is -0.163. The number of fused-ring (bicyclic) bond motifs is 1. The van der Waals surface area contributed by atoms with Crippen molar-refractivity contribution in [2.45, 2.75) is 71.9 Å². The van der Waals surface area contributed by atoms with Crippen molar-refractivity contribution < 1.29 is 9.53 Å². The zero-order valence-electron chi connectivity index (χ0n) is 21.2. The van der Waals surface area contributed by atoms with Gasteiger partial charge in [0.2, 0.25) is 5.91 Å². The van der Waals surface area contributed by atoms with Gasteiger partial charge in [-0.05, 0) is 46.0 Å². The van der Waals surface area contributed by atoms with Crippen LogP contribution in [0.3, 0.4) is 0 Å². The second-order valence-electron chi connectivity index (χ2n) is 9.26. The highest BCUT2D eigenvalue weighted by molar-refractivity contribution is 5.85. The summed E-state index contributed by atoms with van der Waals surface area (Å²) in [5.41, 5.74) is 8.09. The van der Waals surface area contributed by atoms with Gasteiger partial charge in [0.05, 0.1) is 24.3 Å². The molecule has 1 amide bonds. The van der Waals surface area contributed by atoms with Gasteiger partial charge >= 0.3 is 0 Å². The minimum atomic E-state index is 0.0813. The Labute approximate surface area is 206 Å². The molecule has 1 spiro atoms. The van der Waals surface area contributed by atoms with Crippen LogP contribution < -0.4 is 5.73 Å². The molecule has 35 heavy (non-hydrogen) atoms. The van der Waals surface area contributed by atoms with Crippen LogP contribution in [0.5, 0.6) is 0 Å². The number of morpholine rings is 1. The van der Waals surface area contributed by atoms with Gasteiger partial charge < -0.3 is 19.9 Å². The van der Waals surface area contributed by atoms with E-state index in [-0.39, 0.29) is 11.5 Å². The maximum Gasteiger partial charge on any atom is 0.226 e. The summed E-state index contributed by atoms with van der Waals surface area (Å²) in [5.74, 6) is 2.45. The van der Waals surface area contributed by atoms with Crippen molar-refractivity contribution >= 4 is 22.9 Å². The Balaban J connectivity index is 0.000000168. The molecule has 2 fully saturated rings. The number of nitrogen functional groups attached to an aromatic ring is 1. The van der Waals surface area contributed by atoms with Gasteiger partial charge in [0.25, 0.3) is 0 Å². The Bertz CT molecular complexity index is 1150. The molecule has 0 atom stereocenters. The normalized spacial score (nSPS) is 16.8. The van der Waals surface area contributed by atoms with Crippen molar-refractivity contribution in [1.82, 2.24) is 34.4 Å². The quantitative estimate of drug-likeness (QED) is 0.589. The summed E-state index contributed by atoms with van der Waals surface area (Å²) in [5, 5.41) is 0. The Morgan fingerprint density at radius 3 is 2.46 bits per heavy atom. The molecule has 1 aliphatic heterocycles. The zero-order valence-corrected chi connectivity index (χ0v) is 21.2. The predicted molar refractivity (Wildman–Crippen MR) is 134 cm³/mol. The number of aryl methyl sites for hydroxylation is 2. The SMILES string of the molecule is CCC(CC)C(=O)N1CCOCC12CCC2.CCn1c(-c2cnc(C)nc2)nc2c(N)ncnc21. The van der Waals surface area contributed by atoms with E-state index < -0.39 is 0 Å². The summed E-state index contributed by atoms with van der Waals surface area (Å²) >= 11 is 0. The second-order valence-corrected chi connectivity index (χ2v) is 9.26. The average molecular weight is 481 g/mol. The molecule has 5 rings (SSSR count). The van der Waals surface area contributed by atoms with Gasteiger partial charge in [-0.3, -0.25) is 4.79 Å². The summed E-state index contributed by atoms with van der Waals surface area (Å²) in [6, 6.07) is 0. The first-order valence-electron chi connectivity index (χ1n) is 12.6. The van der Waals surface area contributed by atoms with E-state index in [1.807, 2.05) is 18.4 Å². The molecule has 1 aliphatic carbocycles. The number of aromatic nitrogens is 6. The fraction of sp³-hybridized carbons (Fsp3) is 0.600. The van der Waals surface area contributed by atoms with Gasteiger partial charge in [0.1, 0.15) is 18.0 Å². The van der Waals surface area contributed by atoms with E-state index in [0.717, 1.165) is 68.2 Å². The zero-order chi connectivity index (χ0) is 25.0. The molecule has 2 aliphatic rings. The Hall–Kier alpha value is -3.14. The molecule has 0 bridgehead atoms. The van der Waals surface area contributed by atoms with Crippen LogP contribution in [-0.4, -0.2) is 65.6 Å². The van der Waals surface area contributed by atoms with E-state index in [4.69, 9.17) is 10.5 Å². The van der Waals surface area contributed by atoms with Crippen molar-refractivity contribution in [2.75, 3.05) is 25.5 Å². The third-order valence-corrected chi connectivity index (χ3v) is 7.20. The molecule has 3 aromatic heterocycles. The highest BCUT2D eigenvalue weighted by Gasteiger charge is 2.47. The fourth-order valence-electron chi connectivity index (χ4n) is 4.92. The molecule has 4 heterocycles. The number of imidazole rings is 1. The number of ether oxygens (including phenoxy) is 1. The molecule has 3 aromatic rings. The molecule has 10 nitrogen and oxygen atoms in total. The maximum atomic E-state index is 12.4. The van der Waals surface area contributed by atoms with Crippen LogP contribution in [0.25, 0.3) is 22.6 Å². The third-order valence-electron chi connectivity index (χ3n) is 7.20. The number of carbonyl (C=O) groups excluding carboxylic acids is 1. The van der Waals surface area contributed by atoms with Gasteiger partial charge in [0, 0.05) is 31.4 Å². The first-order valence-corrected chi connectivity index (χ1v) is 12.6. The highest BCUT2D eigenvalue weighted by Crippen LogP contribution is 2.40. The number of nitrogens with zero attached hydrogens (tertiary/aromatic N) is 7. The van der Waals surface area contributed by atoms with Gasteiger partial charge in [-0.1, -0.05) is 13.8 Å². The maximum absolute atomic E-state index is 12.4. The molecule has 188 valence electrons. The monoisotopic (exact) mass is 480 g/mol. The smallest absolute Gasteiger partial charge is 0.226 e. The van der Waals surface area contributed by atoms with Gasteiger partial charge in [0.15, 0.2) is 17.0 Å². The molecule has 0 aromatic carbocycles. The minimum absolute atomic E-state index is 0.0813. The number of amides is 1. The van der Waals surface area contributed by atoms with Crippen LogP contribution in [0.1, 0.15) is 58.7 Å². The van der Waals surface area contributed by atoms with Gasteiger partial charge in [-0.25, -0.2) is 24.9 Å². The third kappa shape index (κ3) is 4.84. The highest BCUT2D eigenvalue weighted by atomic mass is 16.5. The van der Waals surface area contributed by atoms with E-state index >= 15 is 0 Å². The molecule has 2 N–H and O–H groups in total. The standard InChI is InChI=1S/C13H23NO2.C12H13N7/c1-3-11(4-2)12(15)14-8-9-16-10-13(14)6-5-7-13;1-3-19-11(8-4-14-7(2)15-5-8)18-9-10(13)16-6-17-12(9)19/h11H,3-10H2,1-2H3;4-6H,3H2,1-2H3,(H2,13,16,17). The lowest BCUT2D eigenvalue weighted by Crippen LogP contribution is -2.63. The number of nitrogens with two attached hydrogens (primary N) is 1. The topological polar surface area (TPSA) is 125 Å². The van der Waals surface area contributed by atoms with Crippen LogP contribution in [0, 0.1) is 12.8 Å². The fourth-order valence-corrected chi connectivity index (χ4v) is 4.92. The second kappa shape index (κ2) is 10.6. The number of carbonyl (C=O) groups is 1. The number of hydrogen-bond acceptors (Lipinski definition) is 8. The van der Waals surface area contributed by atoms with Crippen LogP contribution in [0.15, 0.2) is 18.7 Å². The molecule has 10 heteroatoms.